The summed E-state index contributed by atoms with van der Waals surface area (Å²) >= 11 is 3.10. The van der Waals surface area contributed by atoms with Crippen molar-refractivity contribution >= 4 is 44.8 Å². The van der Waals surface area contributed by atoms with Gasteiger partial charge in [-0.25, -0.2) is 18.2 Å². The quantitative estimate of drug-likeness (QED) is 0.575. The van der Waals surface area contributed by atoms with Crippen LogP contribution < -0.4 is 4.72 Å². The van der Waals surface area contributed by atoms with E-state index in [1.165, 1.54) is 43.1 Å². The molecule has 0 bridgehead atoms. The molecule has 0 amide bonds. The van der Waals surface area contributed by atoms with Crippen LogP contribution in [0.25, 0.3) is 0 Å². The van der Waals surface area contributed by atoms with Crippen LogP contribution in [0.5, 0.6) is 0 Å². The van der Waals surface area contributed by atoms with Crippen LogP contribution >= 0.6 is 23.1 Å². The van der Waals surface area contributed by atoms with E-state index in [4.69, 9.17) is 0 Å². The zero-order valence-electron chi connectivity index (χ0n) is 15.4. The summed E-state index contributed by atoms with van der Waals surface area (Å²) in [6.45, 7) is 3.78. The van der Waals surface area contributed by atoms with Crippen molar-refractivity contribution in [2.24, 2.45) is 0 Å². The van der Waals surface area contributed by atoms with Crippen molar-refractivity contribution in [3.63, 3.8) is 0 Å². The van der Waals surface area contributed by atoms with Crippen LogP contribution in [0, 0.1) is 13.8 Å². The van der Waals surface area contributed by atoms with E-state index < -0.39 is 16.0 Å². The van der Waals surface area contributed by atoms with E-state index in [0.29, 0.717) is 5.69 Å². The normalized spacial score (nSPS) is 11.2. The number of nitrogens with zero attached hydrogens (tertiary/aromatic N) is 1. The highest BCUT2D eigenvalue weighted by atomic mass is 32.2. The molecule has 0 unspecified atom stereocenters. The van der Waals surface area contributed by atoms with E-state index in [1.807, 2.05) is 31.4 Å². The average molecular weight is 435 g/mol. The Hall–Kier alpha value is -2.36. The fourth-order valence-electron chi connectivity index (χ4n) is 2.41. The van der Waals surface area contributed by atoms with E-state index >= 15 is 0 Å². The van der Waals surface area contributed by atoms with Crippen LogP contribution in [-0.2, 0) is 14.8 Å². The number of ether oxygens (including phenoxy) is 1. The zero-order chi connectivity index (χ0) is 20.3. The summed E-state index contributed by atoms with van der Waals surface area (Å²) < 4.78 is 33.6. The third-order valence-electron chi connectivity index (χ3n) is 3.81. The number of thiazole rings is 1. The van der Waals surface area contributed by atoms with Gasteiger partial charge in [-0.3, -0.25) is 4.72 Å². The molecule has 2 aromatic carbocycles. The number of methoxy groups -OCH3 is 1. The first-order valence-corrected chi connectivity index (χ1v) is 11.4. The van der Waals surface area contributed by atoms with Crippen LogP contribution in [0.4, 0.5) is 5.69 Å². The monoisotopic (exact) mass is 434 g/mol. The van der Waals surface area contributed by atoms with Gasteiger partial charge in [0, 0.05) is 16.0 Å². The molecule has 0 radical (unpaired) electrons. The highest BCUT2D eigenvalue weighted by Crippen LogP contribution is 2.32. The number of anilines is 1. The van der Waals surface area contributed by atoms with Crippen LogP contribution in [-0.4, -0.2) is 26.5 Å². The molecule has 0 aliphatic rings. The van der Waals surface area contributed by atoms with Gasteiger partial charge in [0.25, 0.3) is 10.0 Å². The lowest BCUT2D eigenvalue weighted by molar-refractivity contribution is 0.0600. The number of hydrogen-bond donors (Lipinski definition) is 1. The second kappa shape index (κ2) is 8.34. The topological polar surface area (TPSA) is 85.4 Å². The first kappa shape index (κ1) is 20.4. The Morgan fingerprint density at radius 1 is 1.18 bits per heavy atom. The number of carbonyl (C=O) groups is 1. The van der Waals surface area contributed by atoms with E-state index in [2.05, 4.69) is 14.4 Å². The number of esters is 1. The van der Waals surface area contributed by atoms with Crippen molar-refractivity contribution in [2.75, 3.05) is 11.8 Å². The third-order valence-corrected chi connectivity index (χ3v) is 7.22. The number of aromatic nitrogens is 1. The molecule has 0 atom stereocenters. The van der Waals surface area contributed by atoms with Gasteiger partial charge in [0.05, 0.1) is 23.3 Å². The maximum absolute atomic E-state index is 12.7. The molecular weight excluding hydrogens is 416 g/mol. The largest absolute Gasteiger partial charge is 0.465 e. The Kier molecular flexibility index (Phi) is 6.07. The Morgan fingerprint density at radius 3 is 2.61 bits per heavy atom. The first-order chi connectivity index (χ1) is 13.3. The number of benzene rings is 2. The lowest BCUT2D eigenvalue weighted by Crippen LogP contribution is -2.14. The lowest BCUT2D eigenvalue weighted by atomic mass is 10.2. The van der Waals surface area contributed by atoms with Gasteiger partial charge in [-0.05, 0) is 55.8 Å². The molecule has 3 aromatic rings. The third kappa shape index (κ3) is 4.73. The van der Waals surface area contributed by atoms with Gasteiger partial charge in [-0.15, -0.1) is 11.3 Å². The molecule has 9 heteroatoms. The molecular formula is C19H18N2O4S3. The summed E-state index contributed by atoms with van der Waals surface area (Å²) in [5.41, 5.74) is 2.41. The summed E-state index contributed by atoms with van der Waals surface area (Å²) in [5, 5.41) is 1.99. The lowest BCUT2D eigenvalue weighted by Gasteiger charge is -2.12. The second-order valence-corrected chi connectivity index (χ2v) is 9.82. The van der Waals surface area contributed by atoms with Gasteiger partial charge >= 0.3 is 5.97 Å². The van der Waals surface area contributed by atoms with Crippen LogP contribution in [0.2, 0.25) is 0 Å². The van der Waals surface area contributed by atoms with Crippen LogP contribution in [0.15, 0.2) is 62.0 Å². The second-order valence-electron chi connectivity index (χ2n) is 5.96. The number of sulfonamides is 1. The summed E-state index contributed by atoms with van der Waals surface area (Å²) in [6, 6.07) is 11.2. The predicted octanol–water partition coefficient (Wildman–Crippen LogP) is 4.50. The van der Waals surface area contributed by atoms with Crippen LogP contribution in [0.3, 0.4) is 0 Å². The molecule has 0 saturated heterocycles. The first-order valence-electron chi connectivity index (χ1n) is 8.20. The van der Waals surface area contributed by atoms with Gasteiger partial charge in [0.2, 0.25) is 0 Å². The zero-order valence-corrected chi connectivity index (χ0v) is 17.9. The van der Waals surface area contributed by atoms with Crippen molar-refractivity contribution in [1.82, 2.24) is 4.98 Å². The average Bonchev–Trinajstić information content (AvgIpc) is 3.08. The van der Waals surface area contributed by atoms with E-state index in [-0.39, 0.29) is 10.5 Å². The molecule has 0 aliphatic heterocycles. The van der Waals surface area contributed by atoms with Gasteiger partial charge in [-0.2, -0.15) is 0 Å². The number of hydrogen-bond acceptors (Lipinski definition) is 7. The minimum Gasteiger partial charge on any atom is -0.465 e. The van der Waals surface area contributed by atoms with E-state index in [9.17, 15) is 13.2 Å². The smallest absolute Gasteiger partial charge is 0.337 e. The molecule has 146 valence electrons. The Balaban J connectivity index is 1.81. The number of nitrogens with one attached hydrogen (secondary N) is 1. The van der Waals surface area contributed by atoms with Crippen molar-refractivity contribution in [3.8, 4) is 0 Å². The van der Waals surface area contributed by atoms with Crippen LogP contribution in [0.1, 0.15) is 21.6 Å². The Labute approximate surface area is 172 Å². The fraction of sp³-hybridized carbons (Fsp3) is 0.158. The van der Waals surface area contributed by atoms with Crippen molar-refractivity contribution < 1.29 is 17.9 Å². The van der Waals surface area contributed by atoms with Crippen molar-refractivity contribution in [1.29, 1.82) is 0 Å². The van der Waals surface area contributed by atoms with E-state index in [1.54, 1.807) is 17.4 Å². The Morgan fingerprint density at radius 2 is 1.96 bits per heavy atom. The SMILES string of the molecule is COC(=O)c1cccc(S(=O)(=O)Nc2ccc(Sc3nc(C)cs3)cc2C)c1. The maximum atomic E-state index is 12.7. The van der Waals surface area contributed by atoms with Gasteiger partial charge in [0.15, 0.2) is 4.34 Å². The molecule has 1 aromatic heterocycles. The van der Waals surface area contributed by atoms with Crippen molar-refractivity contribution in [2.45, 2.75) is 28.0 Å². The molecule has 0 fully saturated rings. The number of carbonyl (C=O) groups excluding carboxylic acids is 1. The highest BCUT2D eigenvalue weighted by Gasteiger charge is 2.18. The molecule has 0 saturated carbocycles. The van der Waals surface area contributed by atoms with Gasteiger partial charge in [0.1, 0.15) is 0 Å². The minimum atomic E-state index is -3.84. The summed E-state index contributed by atoms with van der Waals surface area (Å²) in [4.78, 5) is 17.0. The van der Waals surface area contributed by atoms with Crippen molar-refractivity contribution in [3.05, 3.63) is 64.7 Å². The molecule has 0 spiro atoms. The van der Waals surface area contributed by atoms with Gasteiger partial charge in [-0.1, -0.05) is 17.8 Å². The summed E-state index contributed by atoms with van der Waals surface area (Å²) in [6.07, 6.45) is 0. The molecule has 3 rings (SSSR count). The molecule has 0 aliphatic carbocycles. The Bertz CT molecular complexity index is 1120. The minimum absolute atomic E-state index is 0.00786. The highest BCUT2D eigenvalue weighted by molar-refractivity contribution is 8.01. The maximum Gasteiger partial charge on any atom is 0.337 e. The standard InChI is InChI=1S/C19H18N2O4S3/c1-12-9-15(27-19-20-13(2)11-26-19)7-8-17(12)21-28(23,24)16-6-4-5-14(10-16)18(22)25-3/h4-11,21H,1-3H3. The van der Waals surface area contributed by atoms with Gasteiger partial charge < -0.3 is 4.74 Å². The fourth-order valence-corrected chi connectivity index (χ4v) is 5.49. The summed E-state index contributed by atoms with van der Waals surface area (Å²) in [5.74, 6) is -0.591. The molecule has 28 heavy (non-hydrogen) atoms. The molecule has 1 heterocycles. The predicted molar refractivity (Wildman–Crippen MR) is 111 cm³/mol. The summed E-state index contributed by atoms with van der Waals surface area (Å²) in [7, 11) is -2.60. The number of aryl methyl sites for hydroxylation is 2. The van der Waals surface area contributed by atoms with E-state index in [0.717, 1.165) is 20.5 Å². The number of rotatable bonds is 6. The molecule has 1 N–H and O–H groups in total. The molecule has 6 nitrogen and oxygen atoms in total.